The molecule has 1 aromatic carbocycles. The van der Waals surface area contributed by atoms with Crippen molar-refractivity contribution >= 4 is 5.97 Å². The molecular weight excluding hydrogens is 323 g/mol. The van der Waals surface area contributed by atoms with Gasteiger partial charge in [-0.2, -0.15) is 13.2 Å². The topological polar surface area (TPSA) is 66.3 Å². The lowest BCUT2D eigenvalue weighted by atomic mass is 10.1. The van der Waals surface area contributed by atoms with Crippen LogP contribution in [0.1, 0.15) is 22.5 Å². The van der Waals surface area contributed by atoms with Gasteiger partial charge in [0, 0.05) is 25.5 Å². The lowest BCUT2D eigenvalue weighted by Gasteiger charge is -2.20. The van der Waals surface area contributed by atoms with Gasteiger partial charge in [-0.1, -0.05) is 12.1 Å². The van der Waals surface area contributed by atoms with Crippen molar-refractivity contribution in [2.45, 2.75) is 26.2 Å². The number of halogens is 3. The van der Waals surface area contributed by atoms with E-state index in [-0.39, 0.29) is 19.6 Å². The predicted molar refractivity (Wildman–Crippen MR) is 80.0 cm³/mol. The number of aryl methyl sites for hydroxylation is 1. The van der Waals surface area contributed by atoms with Gasteiger partial charge in [-0.15, -0.1) is 0 Å². The number of carbonyl (C=O) groups is 1. The fourth-order valence-electron chi connectivity index (χ4n) is 2.15. The summed E-state index contributed by atoms with van der Waals surface area (Å²) < 4.78 is 37.7. The molecule has 0 aliphatic carbocycles. The lowest BCUT2D eigenvalue weighted by Crippen LogP contribution is -2.29. The largest absolute Gasteiger partial charge is 0.480 e. The summed E-state index contributed by atoms with van der Waals surface area (Å²) in [6, 6.07) is 4.66. The third kappa shape index (κ3) is 5.31. The second-order valence-corrected chi connectivity index (χ2v) is 5.38. The Morgan fingerprint density at radius 1 is 1.12 bits per heavy atom. The molecule has 128 valence electrons. The highest BCUT2D eigenvalue weighted by Crippen LogP contribution is 2.29. The van der Waals surface area contributed by atoms with Crippen LogP contribution in [0.2, 0.25) is 0 Å². The summed E-state index contributed by atoms with van der Waals surface area (Å²) in [7, 11) is 0. The van der Waals surface area contributed by atoms with Gasteiger partial charge >= 0.3 is 12.1 Å². The third-order valence-electron chi connectivity index (χ3n) is 3.27. The van der Waals surface area contributed by atoms with Gasteiger partial charge in [-0.25, -0.2) is 0 Å². The molecule has 8 heteroatoms. The number of hydrogen-bond acceptors (Lipinski definition) is 4. The first kappa shape index (κ1) is 17.9. The highest BCUT2D eigenvalue weighted by atomic mass is 19.4. The summed E-state index contributed by atoms with van der Waals surface area (Å²) in [5, 5.41) is 9.01. The maximum atomic E-state index is 12.6. The standard InChI is InChI=1S/C16H16F3N3O2/c1-11-6-21-14(7-20-11)9-22(10-15(23)24)8-12-2-4-13(5-3-12)16(17,18)19/h2-7H,8-10H2,1H3,(H,23,24). The molecular formula is C16H16F3N3O2. The normalized spacial score (nSPS) is 11.7. The molecule has 0 spiro atoms. The van der Waals surface area contributed by atoms with Crippen molar-refractivity contribution in [2.24, 2.45) is 0 Å². The second-order valence-electron chi connectivity index (χ2n) is 5.38. The monoisotopic (exact) mass is 339 g/mol. The van der Waals surface area contributed by atoms with E-state index < -0.39 is 17.7 Å². The van der Waals surface area contributed by atoms with E-state index in [1.165, 1.54) is 12.1 Å². The van der Waals surface area contributed by atoms with Gasteiger partial charge in [0.05, 0.1) is 23.5 Å². The number of alkyl halides is 3. The van der Waals surface area contributed by atoms with E-state index in [4.69, 9.17) is 5.11 Å². The molecule has 0 fully saturated rings. The lowest BCUT2D eigenvalue weighted by molar-refractivity contribution is -0.139. The molecule has 1 N–H and O–H groups in total. The fourth-order valence-corrected chi connectivity index (χ4v) is 2.15. The van der Waals surface area contributed by atoms with Gasteiger partial charge in [0.1, 0.15) is 0 Å². The first-order chi connectivity index (χ1) is 11.2. The average Bonchev–Trinajstić information content (AvgIpc) is 2.48. The third-order valence-corrected chi connectivity index (χ3v) is 3.27. The van der Waals surface area contributed by atoms with Gasteiger partial charge in [-0.05, 0) is 24.6 Å². The van der Waals surface area contributed by atoms with Gasteiger partial charge in [0.25, 0.3) is 0 Å². The quantitative estimate of drug-likeness (QED) is 0.877. The fraction of sp³-hybridized carbons (Fsp3) is 0.312. The van der Waals surface area contributed by atoms with E-state index in [2.05, 4.69) is 9.97 Å². The number of aliphatic carboxylic acids is 1. The van der Waals surface area contributed by atoms with Crippen molar-refractivity contribution in [3.05, 3.63) is 59.2 Å². The van der Waals surface area contributed by atoms with Crippen LogP contribution in [0.3, 0.4) is 0 Å². The Morgan fingerprint density at radius 3 is 2.29 bits per heavy atom. The van der Waals surface area contributed by atoms with Crippen molar-refractivity contribution in [1.82, 2.24) is 14.9 Å². The number of carboxylic acids is 1. The molecule has 0 amide bonds. The Balaban J connectivity index is 2.10. The smallest absolute Gasteiger partial charge is 0.416 e. The van der Waals surface area contributed by atoms with Crippen LogP contribution < -0.4 is 0 Å². The van der Waals surface area contributed by atoms with E-state index in [1.54, 1.807) is 24.2 Å². The first-order valence-corrected chi connectivity index (χ1v) is 7.12. The summed E-state index contributed by atoms with van der Waals surface area (Å²) in [4.78, 5) is 20.8. The maximum Gasteiger partial charge on any atom is 0.416 e. The van der Waals surface area contributed by atoms with Crippen LogP contribution in [0.5, 0.6) is 0 Å². The van der Waals surface area contributed by atoms with Crippen molar-refractivity contribution in [2.75, 3.05) is 6.54 Å². The minimum atomic E-state index is -4.39. The zero-order valence-corrected chi connectivity index (χ0v) is 12.9. The summed E-state index contributed by atoms with van der Waals surface area (Å²) in [6.45, 7) is 1.96. The first-order valence-electron chi connectivity index (χ1n) is 7.12. The molecule has 0 saturated carbocycles. The summed E-state index contributed by atoms with van der Waals surface area (Å²) in [5.74, 6) is -1.03. The molecule has 0 unspecified atom stereocenters. The van der Waals surface area contributed by atoms with Gasteiger partial charge in [0.15, 0.2) is 0 Å². The van der Waals surface area contributed by atoms with Crippen molar-refractivity contribution in [3.63, 3.8) is 0 Å². The Hall–Kier alpha value is -2.48. The average molecular weight is 339 g/mol. The van der Waals surface area contributed by atoms with Crippen molar-refractivity contribution in [1.29, 1.82) is 0 Å². The molecule has 0 aliphatic rings. The molecule has 2 aromatic rings. The molecule has 5 nitrogen and oxygen atoms in total. The van der Waals surface area contributed by atoms with Gasteiger partial charge in [-0.3, -0.25) is 19.7 Å². The molecule has 0 bridgehead atoms. The number of aromatic nitrogens is 2. The highest BCUT2D eigenvalue weighted by Gasteiger charge is 2.30. The Bertz CT molecular complexity index is 685. The van der Waals surface area contributed by atoms with Crippen molar-refractivity contribution < 1.29 is 23.1 Å². The van der Waals surface area contributed by atoms with Crippen molar-refractivity contribution in [3.8, 4) is 0 Å². The van der Waals surface area contributed by atoms with Gasteiger partial charge < -0.3 is 5.11 Å². The predicted octanol–water partition coefficient (Wildman–Crippen LogP) is 2.89. The minimum Gasteiger partial charge on any atom is -0.480 e. The molecule has 0 aliphatic heterocycles. The van der Waals surface area contributed by atoms with E-state index >= 15 is 0 Å². The molecule has 1 heterocycles. The van der Waals surface area contributed by atoms with Crippen LogP contribution in [0.4, 0.5) is 13.2 Å². The zero-order valence-electron chi connectivity index (χ0n) is 12.9. The Labute approximate surface area is 136 Å². The van der Waals surface area contributed by atoms with Crippen LogP contribution in [-0.4, -0.2) is 32.5 Å². The van der Waals surface area contributed by atoms with Gasteiger partial charge in [0.2, 0.25) is 0 Å². The van der Waals surface area contributed by atoms with E-state index in [0.717, 1.165) is 17.8 Å². The summed E-state index contributed by atoms with van der Waals surface area (Å²) in [5.41, 5.74) is 1.18. The molecule has 2 rings (SSSR count). The Morgan fingerprint density at radius 2 is 1.79 bits per heavy atom. The Kier molecular flexibility index (Phi) is 5.50. The molecule has 0 saturated heterocycles. The van der Waals surface area contributed by atoms with E-state index in [0.29, 0.717) is 11.3 Å². The number of carboxylic acid groups (broad SMARTS) is 1. The molecule has 0 atom stereocenters. The molecule has 24 heavy (non-hydrogen) atoms. The highest BCUT2D eigenvalue weighted by molar-refractivity contribution is 5.69. The van der Waals surface area contributed by atoms with Crippen LogP contribution >= 0.6 is 0 Å². The van der Waals surface area contributed by atoms with E-state index in [1.807, 2.05) is 0 Å². The van der Waals surface area contributed by atoms with E-state index in [9.17, 15) is 18.0 Å². The number of hydrogen-bond donors (Lipinski definition) is 1. The number of nitrogens with zero attached hydrogens (tertiary/aromatic N) is 3. The summed E-state index contributed by atoms with van der Waals surface area (Å²) >= 11 is 0. The number of rotatable bonds is 6. The molecule has 0 radical (unpaired) electrons. The maximum absolute atomic E-state index is 12.6. The van der Waals surface area contributed by atoms with Crippen LogP contribution in [0, 0.1) is 6.92 Å². The van der Waals surface area contributed by atoms with Crippen LogP contribution in [0.25, 0.3) is 0 Å². The SMILES string of the molecule is Cc1cnc(CN(CC(=O)O)Cc2ccc(C(F)(F)F)cc2)cn1. The zero-order chi connectivity index (χ0) is 17.7. The van der Waals surface area contributed by atoms with Crippen LogP contribution in [0.15, 0.2) is 36.7 Å². The number of benzene rings is 1. The van der Waals surface area contributed by atoms with Crippen LogP contribution in [-0.2, 0) is 24.1 Å². The minimum absolute atomic E-state index is 0.194. The summed E-state index contributed by atoms with van der Waals surface area (Å²) in [6.07, 6.45) is -1.26. The molecule has 1 aromatic heterocycles. The second kappa shape index (κ2) is 7.39.